The molecule has 0 radical (unpaired) electrons. The van der Waals surface area contributed by atoms with Crippen molar-refractivity contribution >= 4 is 11.8 Å². The molecule has 9 heavy (non-hydrogen) atoms. The zero-order valence-electron chi connectivity index (χ0n) is 6.64. The number of rotatable bonds is 2. The van der Waals surface area contributed by atoms with Gasteiger partial charge in [-0.1, -0.05) is 20.8 Å². The maximum absolute atomic E-state index is 9.36. The number of hydrogen-bond donors (Lipinski definition) is 1. The predicted molar refractivity (Wildman–Crippen MR) is 43.8 cm³/mol. The average molecular weight is 148 g/mol. The lowest BCUT2D eigenvalue weighted by Gasteiger charge is -2.24. The maximum Gasteiger partial charge on any atom is 0.0678 e. The monoisotopic (exact) mass is 148 g/mol. The summed E-state index contributed by atoms with van der Waals surface area (Å²) < 4.78 is 0. The van der Waals surface area contributed by atoms with E-state index in [4.69, 9.17) is 0 Å². The van der Waals surface area contributed by atoms with Crippen LogP contribution in [0.1, 0.15) is 20.8 Å². The molecule has 0 aromatic rings. The van der Waals surface area contributed by atoms with Crippen LogP contribution < -0.4 is 0 Å². The van der Waals surface area contributed by atoms with E-state index in [1.807, 2.05) is 27.0 Å². The van der Waals surface area contributed by atoms with Crippen LogP contribution in [0.5, 0.6) is 0 Å². The fraction of sp³-hybridized carbons (Fsp3) is 1.00. The molecule has 1 unspecified atom stereocenters. The van der Waals surface area contributed by atoms with Crippen LogP contribution in [0.3, 0.4) is 0 Å². The van der Waals surface area contributed by atoms with Crippen molar-refractivity contribution < 1.29 is 5.11 Å². The van der Waals surface area contributed by atoms with Gasteiger partial charge in [0.15, 0.2) is 0 Å². The lowest BCUT2D eigenvalue weighted by molar-refractivity contribution is 0.0843. The summed E-state index contributed by atoms with van der Waals surface area (Å²) in [4.78, 5) is 0. The second kappa shape index (κ2) is 3.47. The van der Waals surface area contributed by atoms with Crippen molar-refractivity contribution in [2.24, 2.45) is 5.41 Å². The quantitative estimate of drug-likeness (QED) is 0.644. The summed E-state index contributed by atoms with van der Waals surface area (Å²) in [5.74, 6) is 0.837. The van der Waals surface area contributed by atoms with Gasteiger partial charge in [0.1, 0.15) is 0 Å². The van der Waals surface area contributed by atoms with Gasteiger partial charge in [-0.05, 0) is 11.7 Å². The molecule has 0 aliphatic carbocycles. The molecule has 1 N–H and O–H groups in total. The first-order valence-electron chi connectivity index (χ1n) is 3.15. The van der Waals surface area contributed by atoms with Crippen LogP contribution in [0, 0.1) is 5.41 Å². The summed E-state index contributed by atoms with van der Waals surface area (Å²) in [6.07, 6.45) is 1.84. The maximum atomic E-state index is 9.36. The van der Waals surface area contributed by atoms with Crippen molar-refractivity contribution in [3.63, 3.8) is 0 Å². The van der Waals surface area contributed by atoms with Crippen LogP contribution in [0.25, 0.3) is 0 Å². The first-order chi connectivity index (χ1) is 3.98. The highest BCUT2D eigenvalue weighted by atomic mass is 32.2. The topological polar surface area (TPSA) is 20.2 Å². The Labute approximate surface area is 61.8 Å². The van der Waals surface area contributed by atoms with Crippen molar-refractivity contribution in [2.45, 2.75) is 26.9 Å². The van der Waals surface area contributed by atoms with Crippen LogP contribution in [-0.4, -0.2) is 23.2 Å². The minimum Gasteiger partial charge on any atom is -0.392 e. The van der Waals surface area contributed by atoms with Gasteiger partial charge >= 0.3 is 0 Å². The molecule has 1 atom stereocenters. The summed E-state index contributed by atoms with van der Waals surface area (Å²) in [6, 6.07) is 0. The Bertz CT molecular complexity index is 75.5. The van der Waals surface area contributed by atoms with E-state index >= 15 is 0 Å². The van der Waals surface area contributed by atoms with E-state index in [9.17, 15) is 5.11 Å². The Hall–Kier alpha value is 0.310. The molecule has 0 saturated carbocycles. The zero-order valence-corrected chi connectivity index (χ0v) is 7.46. The molecule has 0 aromatic carbocycles. The SMILES string of the molecule is CSCC(O)C(C)(C)C. The van der Waals surface area contributed by atoms with Crippen molar-refractivity contribution in [1.82, 2.24) is 0 Å². The van der Waals surface area contributed by atoms with Crippen molar-refractivity contribution in [3.8, 4) is 0 Å². The number of thioether (sulfide) groups is 1. The molecular weight excluding hydrogens is 132 g/mol. The molecule has 2 heteroatoms. The van der Waals surface area contributed by atoms with Crippen LogP contribution in [0.15, 0.2) is 0 Å². The zero-order chi connectivity index (χ0) is 7.49. The Kier molecular flexibility index (Phi) is 3.59. The summed E-state index contributed by atoms with van der Waals surface area (Å²) in [5, 5.41) is 9.36. The summed E-state index contributed by atoms with van der Waals surface area (Å²) >= 11 is 1.69. The smallest absolute Gasteiger partial charge is 0.0678 e. The fourth-order valence-electron chi connectivity index (χ4n) is 0.408. The molecule has 0 aliphatic rings. The molecule has 0 spiro atoms. The van der Waals surface area contributed by atoms with Crippen molar-refractivity contribution in [2.75, 3.05) is 12.0 Å². The number of hydrogen-bond acceptors (Lipinski definition) is 2. The molecule has 0 fully saturated rings. The lowest BCUT2D eigenvalue weighted by Crippen LogP contribution is -2.27. The van der Waals surface area contributed by atoms with Crippen LogP contribution >= 0.6 is 11.8 Å². The van der Waals surface area contributed by atoms with E-state index in [-0.39, 0.29) is 11.5 Å². The van der Waals surface area contributed by atoms with E-state index in [1.165, 1.54) is 0 Å². The molecule has 56 valence electrons. The van der Waals surface area contributed by atoms with Gasteiger partial charge in [0.2, 0.25) is 0 Å². The largest absolute Gasteiger partial charge is 0.392 e. The van der Waals surface area contributed by atoms with Gasteiger partial charge < -0.3 is 5.11 Å². The van der Waals surface area contributed by atoms with E-state index in [0.29, 0.717) is 0 Å². The Morgan fingerprint density at radius 3 is 2.00 bits per heavy atom. The van der Waals surface area contributed by atoms with Gasteiger partial charge in [0.05, 0.1) is 6.10 Å². The first kappa shape index (κ1) is 9.31. The van der Waals surface area contributed by atoms with E-state index < -0.39 is 0 Å². The van der Waals surface area contributed by atoms with Gasteiger partial charge in [-0.25, -0.2) is 0 Å². The highest BCUT2D eigenvalue weighted by Crippen LogP contribution is 2.20. The van der Waals surface area contributed by atoms with Crippen molar-refractivity contribution in [1.29, 1.82) is 0 Å². The Balaban J connectivity index is 3.59. The minimum absolute atomic E-state index is 0.0447. The second-order valence-electron chi connectivity index (χ2n) is 3.34. The molecule has 0 heterocycles. The summed E-state index contributed by atoms with van der Waals surface area (Å²) in [7, 11) is 0. The molecule has 0 aliphatic heterocycles. The number of aliphatic hydroxyl groups is 1. The van der Waals surface area contributed by atoms with E-state index in [2.05, 4.69) is 0 Å². The second-order valence-corrected chi connectivity index (χ2v) is 4.25. The Morgan fingerprint density at radius 1 is 1.44 bits per heavy atom. The van der Waals surface area contributed by atoms with E-state index in [1.54, 1.807) is 11.8 Å². The van der Waals surface area contributed by atoms with Gasteiger partial charge in [-0.3, -0.25) is 0 Å². The fourth-order valence-corrected chi connectivity index (χ4v) is 1.22. The van der Waals surface area contributed by atoms with Crippen molar-refractivity contribution in [3.05, 3.63) is 0 Å². The summed E-state index contributed by atoms with van der Waals surface area (Å²) in [6.45, 7) is 6.15. The van der Waals surface area contributed by atoms with Gasteiger partial charge in [-0.15, -0.1) is 0 Å². The van der Waals surface area contributed by atoms with Gasteiger partial charge in [-0.2, -0.15) is 11.8 Å². The average Bonchev–Trinajstić information content (AvgIpc) is 1.64. The normalized spacial score (nSPS) is 15.7. The number of aliphatic hydroxyl groups excluding tert-OH is 1. The molecule has 0 bridgehead atoms. The van der Waals surface area contributed by atoms with Crippen LogP contribution in [0.2, 0.25) is 0 Å². The van der Waals surface area contributed by atoms with E-state index in [0.717, 1.165) is 5.75 Å². The third-order valence-electron chi connectivity index (χ3n) is 1.32. The molecule has 0 amide bonds. The third-order valence-corrected chi connectivity index (χ3v) is 1.97. The molecular formula is C7H16OS. The molecule has 0 rings (SSSR count). The minimum atomic E-state index is -0.174. The predicted octanol–water partition coefficient (Wildman–Crippen LogP) is 1.76. The summed E-state index contributed by atoms with van der Waals surface area (Å²) in [5.41, 5.74) is 0.0447. The standard InChI is InChI=1S/C7H16OS/c1-7(2,3)6(8)5-9-4/h6,8H,5H2,1-4H3. The van der Waals surface area contributed by atoms with Crippen LogP contribution in [-0.2, 0) is 0 Å². The molecule has 0 saturated heterocycles. The highest BCUT2D eigenvalue weighted by molar-refractivity contribution is 7.98. The first-order valence-corrected chi connectivity index (χ1v) is 4.55. The Morgan fingerprint density at radius 2 is 1.89 bits per heavy atom. The van der Waals surface area contributed by atoms with Gasteiger partial charge in [0.25, 0.3) is 0 Å². The lowest BCUT2D eigenvalue weighted by atomic mass is 9.90. The van der Waals surface area contributed by atoms with Gasteiger partial charge in [0, 0.05) is 5.75 Å². The molecule has 0 aromatic heterocycles. The molecule has 1 nitrogen and oxygen atoms in total. The third kappa shape index (κ3) is 3.82. The van der Waals surface area contributed by atoms with Crippen LogP contribution in [0.4, 0.5) is 0 Å². The highest BCUT2D eigenvalue weighted by Gasteiger charge is 2.20.